The van der Waals surface area contributed by atoms with Crippen LogP contribution in [0.15, 0.2) is 11.6 Å². The predicted octanol–water partition coefficient (Wildman–Crippen LogP) is -0.286. The van der Waals surface area contributed by atoms with E-state index in [1.54, 1.807) is 6.08 Å². The van der Waals surface area contributed by atoms with Crippen molar-refractivity contribution in [2.75, 3.05) is 13.2 Å². The number of ether oxygens (including phenoxy) is 2. The van der Waals surface area contributed by atoms with E-state index in [9.17, 15) is 30.0 Å². The van der Waals surface area contributed by atoms with Gasteiger partial charge >= 0.3 is 0 Å². The zero-order chi connectivity index (χ0) is 20.4. The molecule has 7 atom stereocenters. The highest BCUT2D eigenvalue weighted by atomic mass is 16.7. The molecule has 2 aliphatic rings. The Bertz CT molecular complexity index is 586. The van der Waals surface area contributed by atoms with Crippen LogP contribution in [0, 0.1) is 11.3 Å². The van der Waals surface area contributed by atoms with Crippen LogP contribution < -0.4 is 0 Å². The molecule has 1 aliphatic heterocycles. The van der Waals surface area contributed by atoms with E-state index in [1.165, 1.54) is 6.92 Å². The van der Waals surface area contributed by atoms with Gasteiger partial charge in [0.1, 0.15) is 30.2 Å². The molecule has 0 radical (unpaired) electrons. The highest BCUT2D eigenvalue weighted by Crippen LogP contribution is 2.43. The number of rotatable bonds is 7. The molecule has 27 heavy (non-hydrogen) atoms. The van der Waals surface area contributed by atoms with E-state index in [0.717, 1.165) is 5.57 Å². The maximum atomic E-state index is 12.1. The third kappa shape index (κ3) is 5.01. The standard InChI is InChI=1S/C19H30O8/c1-10-6-12(22)7-19(3,13(10)5-4-11(2)21)9-26-18-17(25)16(24)15(23)14(8-20)27-18/h6,13-18,20,23-25H,4-5,7-9H2,1-3H3/t13-,14+,15+,16-,17+,18+,19+/m0/s1. The van der Waals surface area contributed by atoms with Crippen molar-refractivity contribution in [1.82, 2.24) is 0 Å². The van der Waals surface area contributed by atoms with Gasteiger partial charge in [-0.05, 0) is 32.3 Å². The van der Waals surface area contributed by atoms with Crippen LogP contribution in [0.3, 0.4) is 0 Å². The van der Waals surface area contributed by atoms with Crippen LogP contribution in [0.1, 0.15) is 40.0 Å². The summed E-state index contributed by atoms with van der Waals surface area (Å²) in [5, 5.41) is 39.1. The molecular formula is C19H30O8. The first-order chi connectivity index (χ1) is 12.6. The Morgan fingerprint density at radius 2 is 1.96 bits per heavy atom. The van der Waals surface area contributed by atoms with E-state index in [0.29, 0.717) is 12.8 Å². The van der Waals surface area contributed by atoms with Crippen LogP contribution in [0.25, 0.3) is 0 Å². The van der Waals surface area contributed by atoms with Crippen LogP contribution >= 0.6 is 0 Å². The van der Waals surface area contributed by atoms with Gasteiger partial charge in [0.25, 0.3) is 0 Å². The molecule has 0 aromatic rings. The summed E-state index contributed by atoms with van der Waals surface area (Å²) in [4.78, 5) is 23.5. The van der Waals surface area contributed by atoms with Gasteiger partial charge in [0.2, 0.25) is 0 Å². The second-order valence-electron chi connectivity index (χ2n) is 7.99. The van der Waals surface area contributed by atoms with Gasteiger partial charge in [-0.3, -0.25) is 4.79 Å². The molecule has 0 bridgehead atoms. The SMILES string of the molecule is CC(=O)CC[C@H]1C(C)=CC(=O)C[C@]1(C)CO[C@@H]1O[C@H](CO)[C@@H](O)[C@H](O)[C@H]1O. The quantitative estimate of drug-likeness (QED) is 0.469. The van der Waals surface area contributed by atoms with Gasteiger partial charge in [0.05, 0.1) is 13.2 Å². The molecule has 1 heterocycles. The van der Waals surface area contributed by atoms with Crippen LogP contribution in [-0.4, -0.2) is 75.9 Å². The molecule has 1 fully saturated rings. The second kappa shape index (κ2) is 8.89. The zero-order valence-corrected chi connectivity index (χ0v) is 16.0. The zero-order valence-electron chi connectivity index (χ0n) is 16.0. The molecule has 0 saturated carbocycles. The molecule has 8 heteroatoms. The fraction of sp³-hybridized carbons (Fsp3) is 0.789. The molecule has 0 amide bonds. The minimum atomic E-state index is -1.52. The molecule has 0 unspecified atom stereocenters. The smallest absolute Gasteiger partial charge is 0.186 e. The molecule has 8 nitrogen and oxygen atoms in total. The van der Waals surface area contributed by atoms with Crippen molar-refractivity contribution in [3.63, 3.8) is 0 Å². The minimum absolute atomic E-state index is 0.0357. The fourth-order valence-electron chi connectivity index (χ4n) is 4.03. The summed E-state index contributed by atoms with van der Waals surface area (Å²) >= 11 is 0. The lowest BCUT2D eigenvalue weighted by atomic mass is 9.65. The third-order valence-corrected chi connectivity index (χ3v) is 5.57. The van der Waals surface area contributed by atoms with E-state index in [2.05, 4.69) is 0 Å². The van der Waals surface area contributed by atoms with E-state index in [1.807, 2.05) is 13.8 Å². The van der Waals surface area contributed by atoms with Crippen molar-refractivity contribution in [2.24, 2.45) is 11.3 Å². The van der Waals surface area contributed by atoms with Gasteiger partial charge < -0.3 is 34.7 Å². The van der Waals surface area contributed by atoms with Gasteiger partial charge in [-0.25, -0.2) is 0 Å². The Morgan fingerprint density at radius 1 is 1.30 bits per heavy atom. The van der Waals surface area contributed by atoms with Crippen molar-refractivity contribution < 1.29 is 39.5 Å². The molecule has 154 valence electrons. The van der Waals surface area contributed by atoms with E-state index in [-0.39, 0.29) is 30.5 Å². The summed E-state index contributed by atoms with van der Waals surface area (Å²) < 4.78 is 11.1. The lowest BCUT2D eigenvalue weighted by Gasteiger charge is -2.44. The predicted molar refractivity (Wildman–Crippen MR) is 94.6 cm³/mol. The average molecular weight is 386 g/mol. The largest absolute Gasteiger partial charge is 0.394 e. The van der Waals surface area contributed by atoms with Crippen LogP contribution in [0.4, 0.5) is 0 Å². The molecule has 0 aromatic carbocycles. The van der Waals surface area contributed by atoms with Crippen molar-refractivity contribution >= 4 is 11.6 Å². The summed E-state index contributed by atoms with van der Waals surface area (Å²) in [5.41, 5.74) is 0.275. The molecule has 4 N–H and O–H groups in total. The molecular weight excluding hydrogens is 356 g/mol. The van der Waals surface area contributed by atoms with Gasteiger partial charge in [0, 0.05) is 18.3 Å². The maximum Gasteiger partial charge on any atom is 0.186 e. The third-order valence-electron chi connectivity index (χ3n) is 5.57. The Labute approximate surface area is 158 Å². The first kappa shape index (κ1) is 22.1. The number of allylic oxidation sites excluding steroid dienone is 2. The number of carbonyl (C=O) groups excluding carboxylic acids is 2. The topological polar surface area (TPSA) is 134 Å². The Hall–Kier alpha value is -1.16. The first-order valence-corrected chi connectivity index (χ1v) is 9.21. The monoisotopic (exact) mass is 386 g/mol. The van der Waals surface area contributed by atoms with Gasteiger partial charge in [-0.1, -0.05) is 12.5 Å². The Morgan fingerprint density at radius 3 is 2.56 bits per heavy atom. The Balaban J connectivity index is 2.11. The highest BCUT2D eigenvalue weighted by Gasteiger charge is 2.46. The molecule has 1 saturated heterocycles. The van der Waals surface area contributed by atoms with Crippen LogP contribution in [0.5, 0.6) is 0 Å². The lowest BCUT2D eigenvalue weighted by molar-refractivity contribution is -0.306. The van der Waals surface area contributed by atoms with Crippen molar-refractivity contribution in [3.8, 4) is 0 Å². The molecule has 2 rings (SSSR count). The lowest BCUT2D eigenvalue weighted by Crippen LogP contribution is -2.59. The van der Waals surface area contributed by atoms with Gasteiger partial charge in [0.15, 0.2) is 12.1 Å². The summed E-state index contributed by atoms with van der Waals surface area (Å²) in [6.07, 6.45) is -3.96. The summed E-state index contributed by atoms with van der Waals surface area (Å²) in [6.45, 7) is 4.78. The highest BCUT2D eigenvalue weighted by molar-refractivity contribution is 5.92. The fourth-order valence-corrected chi connectivity index (χ4v) is 4.03. The number of ketones is 2. The maximum absolute atomic E-state index is 12.1. The van der Waals surface area contributed by atoms with Crippen molar-refractivity contribution in [3.05, 3.63) is 11.6 Å². The van der Waals surface area contributed by atoms with E-state index < -0.39 is 42.7 Å². The van der Waals surface area contributed by atoms with E-state index in [4.69, 9.17) is 9.47 Å². The average Bonchev–Trinajstić information content (AvgIpc) is 2.58. The molecule has 0 spiro atoms. The number of hydrogen-bond donors (Lipinski definition) is 4. The summed E-state index contributed by atoms with van der Waals surface area (Å²) in [7, 11) is 0. The Kier molecular flexibility index (Phi) is 7.29. The van der Waals surface area contributed by atoms with Crippen LogP contribution in [-0.2, 0) is 19.1 Å². The number of hydrogen-bond acceptors (Lipinski definition) is 8. The minimum Gasteiger partial charge on any atom is -0.394 e. The molecule has 1 aliphatic carbocycles. The van der Waals surface area contributed by atoms with Crippen LogP contribution in [0.2, 0.25) is 0 Å². The van der Waals surface area contributed by atoms with E-state index >= 15 is 0 Å². The number of carbonyl (C=O) groups is 2. The summed E-state index contributed by atoms with van der Waals surface area (Å²) in [6, 6.07) is 0. The number of Topliss-reactive ketones (excluding diaryl/α,β-unsaturated/α-hetero) is 1. The first-order valence-electron chi connectivity index (χ1n) is 9.21. The van der Waals surface area contributed by atoms with Gasteiger partial charge in [-0.15, -0.1) is 0 Å². The number of aliphatic hydroxyl groups is 4. The van der Waals surface area contributed by atoms with Crippen molar-refractivity contribution in [2.45, 2.75) is 70.7 Å². The number of aliphatic hydroxyl groups excluding tert-OH is 4. The summed E-state index contributed by atoms with van der Waals surface area (Å²) in [5.74, 6) is -0.0210. The molecule has 0 aromatic heterocycles. The van der Waals surface area contributed by atoms with Crippen molar-refractivity contribution in [1.29, 1.82) is 0 Å². The second-order valence-corrected chi connectivity index (χ2v) is 7.99. The van der Waals surface area contributed by atoms with Gasteiger partial charge in [-0.2, -0.15) is 0 Å². The normalized spacial score (nSPS) is 40.0.